The molecule has 0 spiro atoms. The number of carbonyl (C=O) groups is 2. The van der Waals surface area contributed by atoms with Crippen molar-refractivity contribution in [2.75, 3.05) is 18.4 Å². The first-order valence-corrected chi connectivity index (χ1v) is 11.9. The Bertz CT molecular complexity index is 1020. The van der Waals surface area contributed by atoms with Crippen LogP contribution in [0.3, 0.4) is 0 Å². The summed E-state index contributed by atoms with van der Waals surface area (Å²) in [4.78, 5) is 26.5. The quantitative estimate of drug-likeness (QED) is 0.592. The van der Waals surface area contributed by atoms with E-state index in [0.717, 1.165) is 5.56 Å². The van der Waals surface area contributed by atoms with Gasteiger partial charge in [-0.1, -0.05) is 36.4 Å². The molecule has 0 radical (unpaired) electrons. The van der Waals surface area contributed by atoms with Gasteiger partial charge in [-0.3, -0.25) is 4.79 Å². The summed E-state index contributed by atoms with van der Waals surface area (Å²) in [6.07, 6.45) is -0.472. The molecule has 0 aliphatic heterocycles. The van der Waals surface area contributed by atoms with E-state index >= 15 is 0 Å². The molecule has 0 fully saturated rings. The topological polar surface area (TPSA) is 105 Å². The van der Waals surface area contributed by atoms with E-state index < -0.39 is 21.7 Å². The molecule has 0 saturated carbocycles. The molecule has 174 valence electrons. The minimum absolute atomic E-state index is 0.0375. The Hall–Kier alpha value is -2.91. The van der Waals surface area contributed by atoms with Crippen molar-refractivity contribution in [2.45, 2.75) is 51.2 Å². The first kappa shape index (κ1) is 25.4. The van der Waals surface area contributed by atoms with Crippen LogP contribution >= 0.6 is 0 Å². The zero-order valence-corrected chi connectivity index (χ0v) is 19.7. The summed E-state index contributed by atoms with van der Waals surface area (Å²) < 4.78 is 32.4. The lowest BCUT2D eigenvalue weighted by molar-refractivity contribution is -0.116. The smallest absolute Gasteiger partial charge is 0.410 e. The maximum Gasteiger partial charge on any atom is 0.410 e. The molecule has 2 N–H and O–H groups in total. The second-order valence-corrected chi connectivity index (χ2v) is 9.93. The molecule has 32 heavy (non-hydrogen) atoms. The number of benzene rings is 2. The van der Waals surface area contributed by atoms with E-state index in [2.05, 4.69) is 10.0 Å². The van der Waals surface area contributed by atoms with Crippen molar-refractivity contribution in [3.05, 3.63) is 60.2 Å². The van der Waals surface area contributed by atoms with Crippen LogP contribution < -0.4 is 10.0 Å². The molecule has 0 aromatic heterocycles. The number of nitrogens with one attached hydrogen (secondary N) is 2. The number of rotatable bonds is 9. The van der Waals surface area contributed by atoms with Crippen LogP contribution in [-0.4, -0.2) is 44.0 Å². The summed E-state index contributed by atoms with van der Waals surface area (Å²) in [5.41, 5.74) is 0.703. The Morgan fingerprint density at radius 1 is 1.00 bits per heavy atom. The minimum atomic E-state index is -3.67. The van der Waals surface area contributed by atoms with Gasteiger partial charge in [0.1, 0.15) is 5.60 Å². The van der Waals surface area contributed by atoms with Crippen LogP contribution in [0.5, 0.6) is 0 Å². The molecule has 0 saturated heterocycles. The van der Waals surface area contributed by atoms with Crippen LogP contribution in [0.25, 0.3) is 0 Å². The molecule has 0 aliphatic carbocycles. The number of amides is 2. The van der Waals surface area contributed by atoms with E-state index in [1.165, 1.54) is 12.1 Å². The number of ether oxygens (including phenoxy) is 1. The van der Waals surface area contributed by atoms with Crippen LogP contribution in [0.2, 0.25) is 0 Å². The highest BCUT2D eigenvalue weighted by atomic mass is 32.2. The Morgan fingerprint density at radius 2 is 1.62 bits per heavy atom. The highest BCUT2D eigenvalue weighted by molar-refractivity contribution is 7.89. The van der Waals surface area contributed by atoms with Crippen LogP contribution in [0, 0.1) is 0 Å². The average Bonchev–Trinajstić information content (AvgIpc) is 2.72. The fraction of sp³-hybridized carbons (Fsp3) is 0.391. The minimum Gasteiger partial charge on any atom is -0.444 e. The van der Waals surface area contributed by atoms with Gasteiger partial charge < -0.3 is 15.0 Å². The number of para-hydroxylation sites is 1. The summed E-state index contributed by atoms with van der Waals surface area (Å²) in [7, 11) is -3.67. The molecule has 0 atom stereocenters. The molecular formula is C23H31N3O5S. The molecule has 2 amide bonds. The zero-order valence-electron chi connectivity index (χ0n) is 18.9. The van der Waals surface area contributed by atoms with Crippen molar-refractivity contribution in [3.8, 4) is 0 Å². The summed E-state index contributed by atoms with van der Waals surface area (Å²) in [6.45, 7) is 7.94. The summed E-state index contributed by atoms with van der Waals surface area (Å²) >= 11 is 0. The number of nitrogens with zero attached hydrogens (tertiary/aromatic N) is 1. The van der Waals surface area contributed by atoms with Gasteiger partial charge in [0.15, 0.2) is 0 Å². The Balaban J connectivity index is 1.97. The molecule has 0 aliphatic rings. The van der Waals surface area contributed by atoms with E-state index in [1.54, 1.807) is 56.0 Å². The maximum atomic E-state index is 12.4. The average molecular weight is 462 g/mol. The summed E-state index contributed by atoms with van der Waals surface area (Å²) in [6, 6.07) is 15.1. The van der Waals surface area contributed by atoms with E-state index in [9.17, 15) is 18.0 Å². The van der Waals surface area contributed by atoms with Crippen LogP contribution in [0.1, 0.15) is 39.7 Å². The van der Waals surface area contributed by atoms with Gasteiger partial charge in [-0.15, -0.1) is 0 Å². The van der Waals surface area contributed by atoms with Crippen LogP contribution in [-0.2, 0) is 26.1 Å². The fourth-order valence-corrected chi connectivity index (χ4v) is 3.87. The zero-order chi connectivity index (χ0) is 23.8. The van der Waals surface area contributed by atoms with Gasteiger partial charge in [-0.25, -0.2) is 17.9 Å². The Kier molecular flexibility index (Phi) is 8.80. The molecular weight excluding hydrogens is 430 g/mol. The largest absolute Gasteiger partial charge is 0.444 e. The van der Waals surface area contributed by atoms with Crippen molar-refractivity contribution in [3.63, 3.8) is 0 Å². The van der Waals surface area contributed by atoms with Crippen molar-refractivity contribution in [2.24, 2.45) is 0 Å². The third-order valence-corrected chi connectivity index (χ3v) is 5.86. The molecule has 2 rings (SSSR count). The first-order valence-electron chi connectivity index (χ1n) is 10.4. The van der Waals surface area contributed by atoms with Crippen LogP contribution in [0.4, 0.5) is 10.5 Å². The van der Waals surface area contributed by atoms with Gasteiger partial charge in [-0.05, 0) is 51.5 Å². The Labute approximate surface area is 190 Å². The monoisotopic (exact) mass is 461 g/mol. The van der Waals surface area contributed by atoms with Gasteiger partial charge in [0.25, 0.3) is 0 Å². The number of hydrogen-bond acceptors (Lipinski definition) is 5. The predicted octanol–water partition coefficient (Wildman–Crippen LogP) is 3.75. The van der Waals surface area contributed by atoms with Crippen molar-refractivity contribution < 1.29 is 22.7 Å². The standard InChI is InChI=1S/C23H31N3O5S/c1-5-26(22(28)31-23(2,3)4)17-18-11-9-10-14-20(18)25-21(27)15-16-24-32(29,30)19-12-7-6-8-13-19/h6-14,24H,5,15-17H2,1-4H3,(H,25,27). The molecule has 9 heteroatoms. The molecule has 0 unspecified atom stereocenters. The molecule has 0 bridgehead atoms. The summed E-state index contributed by atoms with van der Waals surface area (Å²) in [5.74, 6) is -0.339. The lowest BCUT2D eigenvalue weighted by atomic mass is 10.1. The Morgan fingerprint density at radius 3 is 2.25 bits per heavy atom. The molecule has 8 nitrogen and oxygen atoms in total. The van der Waals surface area contributed by atoms with Crippen molar-refractivity contribution >= 4 is 27.7 Å². The fourth-order valence-electron chi connectivity index (χ4n) is 2.81. The second-order valence-electron chi connectivity index (χ2n) is 8.16. The number of sulfonamides is 1. The molecule has 2 aromatic carbocycles. The number of hydrogen-bond donors (Lipinski definition) is 2. The van der Waals surface area contributed by atoms with Gasteiger partial charge in [0, 0.05) is 25.2 Å². The van der Waals surface area contributed by atoms with Crippen molar-refractivity contribution in [1.82, 2.24) is 9.62 Å². The normalized spacial score (nSPS) is 11.6. The highest BCUT2D eigenvalue weighted by Gasteiger charge is 2.22. The predicted molar refractivity (Wildman–Crippen MR) is 124 cm³/mol. The van der Waals surface area contributed by atoms with Crippen molar-refractivity contribution in [1.29, 1.82) is 0 Å². The first-order chi connectivity index (χ1) is 15.0. The highest BCUT2D eigenvalue weighted by Crippen LogP contribution is 2.19. The maximum absolute atomic E-state index is 12.4. The van der Waals surface area contributed by atoms with E-state index in [1.807, 2.05) is 19.1 Å². The van der Waals surface area contributed by atoms with Gasteiger partial charge in [0.05, 0.1) is 11.4 Å². The van der Waals surface area contributed by atoms with Gasteiger partial charge in [0.2, 0.25) is 15.9 Å². The SMILES string of the molecule is CCN(Cc1ccccc1NC(=O)CCNS(=O)(=O)c1ccccc1)C(=O)OC(C)(C)C. The van der Waals surface area contributed by atoms with E-state index in [-0.39, 0.29) is 30.3 Å². The number of anilines is 1. The van der Waals surface area contributed by atoms with Gasteiger partial charge >= 0.3 is 6.09 Å². The molecule has 2 aromatic rings. The van der Waals surface area contributed by atoms with E-state index in [4.69, 9.17) is 4.74 Å². The van der Waals surface area contributed by atoms with Crippen LogP contribution in [0.15, 0.2) is 59.5 Å². The second kappa shape index (κ2) is 11.1. The third-order valence-electron chi connectivity index (χ3n) is 4.38. The lowest BCUT2D eigenvalue weighted by Crippen LogP contribution is -2.36. The molecule has 0 heterocycles. The number of carbonyl (C=O) groups excluding carboxylic acids is 2. The lowest BCUT2D eigenvalue weighted by Gasteiger charge is -2.27. The summed E-state index contributed by atoms with van der Waals surface area (Å²) in [5, 5.41) is 2.80. The third kappa shape index (κ3) is 7.97. The van der Waals surface area contributed by atoms with E-state index in [0.29, 0.717) is 12.2 Å². The van der Waals surface area contributed by atoms with Gasteiger partial charge in [-0.2, -0.15) is 0 Å².